The van der Waals surface area contributed by atoms with E-state index in [0.29, 0.717) is 12.2 Å². The molecule has 1 atom stereocenters. The molecule has 0 aliphatic heterocycles. The lowest BCUT2D eigenvalue weighted by atomic mass is 10.2. The van der Waals surface area contributed by atoms with Crippen LogP contribution in [-0.4, -0.2) is 42.2 Å². The van der Waals surface area contributed by atoms with E-state index in [0.717, 1.165) is 5.56 Å². The van der Waals surface area contributed by atoms with Crippen molar-refractivity contribution in [2.75, 3.05) is 20.2 Å². The van der Waals surface area contributed by atoms with Gasteiger partial charge in [0.05, 0.1) is 31.1 Å². The summed E-state index contributed by atoms with van der Waals surface area (Å²) in [5.74, 6) is -0.189. The highest BCUT2D eigenvalue weighted by atomic mass is 16.5. The van der Waals surface area contributed by atoms with E-state index in [1.54, 1.807) is 13.1 Å². The first-order valence-electron chi connectivity index (χ1n) is 6.74. The molecule has 1 aromatic heterocycles. The number of carbonyl (C=O) groups is 1. The Bertz CT molecular complexity index is 539. The first kappa shape index (κ1) is 15.3. The number of hydrogen-bond donors (Lipinski definition) is 1. The summed E-state index contributed by atoms with van der Waals surface area (Å²) in [5, 5.41) is 9.90. The number of carbonyl (C=O) groups excluding carboxylic acids is 1. The van der Waals surface area contributed by atoms with Gasteiger partial charge in [0.1, 0.15) is 6.26 Å². The normalized spacial score (nSPS) is 12.1. The lowest BCUT2D eigenvalue weighted by molar-refractivity contribution is 0.0137. The van der Waals surface area contributed by atoms with Crippen LogP contribution in [0.2, 0.25) is 0 Å². The number of likely N-dealkylation sites (N-methyl/N-ethyl adjacent to an activating group) is 1. The summed E-state index contributed by atoms with van der Waals surface area (Å²) in [6, 6.07) is 11.3. The van der Waals surface area contributed by atoms with Crippen LogP contribution >= 0.6 is 0 Å². The lowest BCUT2D eigenvalue weighted by Gasteiger charge is -2.20. The first-order valence-corrected chi connectivity index (χ1v) is 6.74. The van der Waals surface area contributed by atoms with Gasteiger partial charge in [-0.1, -0.05) is 30.3 Å². The Labute approximate surface area is 123 Å². The van der Waals surface area contributed by atoms with Gasteiger partial charge in [0, 0.05) is 13.6 Å². The third-order valence-corrected chi connectivity index (χ3v) is 3.02. The van der Waals surface area contributed by atoms with Gasteiger partial charge in [-0.3, -0.25) is 4.79 Å². The molecule has 0 fully saturated rings. The monoisotopic (exact) mass is 289 g/mol. The molecule has 0 bridgehead atoms. The molecule has 21 heavy (non-hydrogen) atoms. The zero-order chi connectivity index (χ0) is 15.1. The fourth-order valence-corrected chi connectivity index (χ4v) is 1.95. The highest BCUT2D eigenvalue weighted by Crippen LogP contribution is 2.05. The molecule has 0 saturated heterocycles. The Hall–Kier alpha value is -2.11. The smallest absolute Gasteiger partial charge is 0.256 e. The number of aliphatic hydroxyl groups excluding tert-OH is 1. The van der Waals surface area contributed by atoms with Gasteiger partial charge in [0.15, 0.2) is 0 Å². The van der Waals surface area contributed by atoms with Crippen molar-refractivity contribution in [1.82, 2.24) is 4.90 Å². The van der Waals surface area contributed by atoms with E-state index in [9.17, 15) is 9.90 Å². The van der Waals surface area contributed by atoms with E-state index in [1.165, 1.54) is 17.4 Å². The lowest BCUT2D eigenvalue weighted by Crippen LogP contribution is -2.36. The SMILES string of the molecule is CN(CC(O)COCc1ccccc1)C(=O)c1ccoc1. The average Bonchev–Trinajstić information content (AvgIpc) is 3.01. The second-order valence-electron chi connectivity index (χ2n) is 4.85. The van der Waals surface area contributed by atoms with Gasteiger partial charge in [0.25, 0.3) is 5.91 Å². The van der Waals surface area contributed by atoms with E-state index < -0.39 is 6.10 Å². The Kier molecular flexibility index (Phi) is 5.54. The van der Waals surface area contributed by atoms with Crippen LogP contribution in [0.1, 0.15) is 15.9 Å². The van der Waals surface area contributed by atoms with Gasteiger partial charge in [-0.05, 0) is 11.6 Å². The Morgan fingerprint density at radius 3 is 2.76 bits per heavy atom. The molecule has 2 rings (SSSR count). The fraction of sp³-hybridized carbons (Fsp3) is 0.312. The molecule has 0 aliphatic rings. The number of hydrogen-bond acceptors (Lipinski definition) is 4. The Balaban J connectivity index is 1.71. The van der Waals surface area contributed by atoms with Gasteiger partial charge >= 0.3 is 0 Å². The minimum atomic E-state index is -0.727. The molecule has 1 N–H and O–H groups in total. The molecule has 1 aromatic carbocycles. The van der Waals surface area contributed by atoms with E-state index in [-0.39, 0.29) is 19.1 Å². The summed E-state index contributed by atoms with van der Waals surface area (Å²) < 4.78 is 10.3. The van der Waals surface area contributed by atoms with E-state index in [2.05, 4.69) is 0 Å². The van der Waals surface area contributed by atoms with E-state index in [1.807, 2.05) is 30.3 Å². The van der Waals surface area contributed by atoms with Crippen LogP contribution < -0.4 is 0 Å². The van der Waals surface area contributed by atoms with Crippen LogP contribution in [0.15, 0.2) is 53.3 Å². The molecular formula is C16H19NO4. The molecule has 0 aliphatic carbocycles. The average molecular weight is 289 g/mol. The number of benzene rings is 1. The molecule has 0 radical (unpaired) electrons. The fourth-order valence-electron chi connectivity index (χ4n) is 1.95. The van der Waals surface area contributed by atoms with Crippen molar-refractivity contribution in [3.63, 3.8) is 0 Å². The number of amides is 1. The molecule has 112 valence electrons. The van der Waals surface area contributed by atoms with Crippen molar-refractivity contribution in [1.29, 1.82) is 0 Å². The third-order valence-electron chi connectivity index (χ3n) is 3.02. The van der Waals surface area contributed by atoms with Gasteiger partial charge in [-0.2, -0.15) is 0 Å². The van der Waals surface area contributed by atoms with Crippen LogP contribution in [0.25, 0.3) is 0 Å². The van der Waals surface area contributed by atoms with Crippen molar-refractivity contribution in [3.8, 4) is 0 Å². The maximum absolute atomic E-state index is 12.0. The summed E-state index contributed by atoms with van der Waals surface area (Å²) in [6.07, 6.45) is 2.10. The van der Waals surface area contributed by atoms with Gasteiger partial charge in [-0.25, -0.2) is 0 Å². The van der Waals surface area contributed by atoms with E-state index in [4.69, 9.17) is 9.15 Å². The van der Waals surface area contributed by atoms with Crippen LogP contribution in [0.5, 0.6) is 0 Å². The van der Waals surface area contributed by atoms with Crippen LogP contribution in [0.4, 0.5) is 0 Å². The van der Waals surface area contributed by atoms with Crippen molar-refractivity contribution in [2.24, 2.45) is 0 Å². The number of aliphatic hydroxyl groups is 1. The van der Waals surface area contributed by atoms with Crippen molar-refractivity contribution >= 4 is 5.91 Å². The van der Waals surface area contributed by atoms with Gasteiger partial charge in [-0.15, -0.1) is 0 Å². The molecule has 2 aromatic rings. The van der Waals surface area contributed by atoms with Crippen molar-refractivity contribution in [3.05, 3.63) is 60.1 Å². The van der Waals surface area contributed by atoms with Crippen LogP contribution in [0.3, 0.4) is 0 Å². The minimum absolute atomic E-state index is 0.178. The predicted octanol–water partition coefficient (Wildman–Crippen LogP) is 1.93. The molecule has 0 spiro atoms. The topological polar surface area (TPSA) is 62.9 Å². The van der Waals surface area contributed by atoms with Crippen LogP contribution in [0, 0.1) is 0 Å². The zero-order valence-electron chi connectivity index (χ0n) is 11.9. The Morgan fingerprint density at radius 1 is 1.33 bits per heavy atom. The number of furan rings is 1. The quantitative estimate of drug-likeness (QED) is 0.846. The summed E-state index contributed by atoms with van der Waals surface area (Å²) in [7, 11) is 1.63. The number of ether oxygens (including phenoxy) is 1. The molecule has 5 heteroatoms. The highest BCUT2D eigenvalue weighted by molar-refractivity contribution is 5.93. The zero-order valence-corrected chi connectivity index (χ0v) is 11.9. The van der Waals surface area contributed by atoms with Crippen molar-refractivity contribution in [2.45, 2.75) is 12.7 Å². The standard InChI is InChI=1S/C16H19NO4/c1-17(16(19)14-7-8-20-11-14)9-15(18)12-21-10-13-5-3-2-4-6-13/h2-8,11,15,18H,9-10,12H2,1H3. The number of rotatable bonds is 7. The first-order chi connectivity index (χ1) is 10.2. The van der Waals surface area contributed by atoms with Crippen LogP contribution in [-0.2, 0) is 11.3 Å². The molecule has 1 heterocycles. The van der Waals surface area contributed by atoms with Gasteiger partial charge in [0.2, 0.25) is 0 Å². The highest BCUT2D eigenvalue weighted by Gasteiger charge is 2.16. The molecule has 0 saturated carbocycles. The third kappa shape index (κ3) is 4.73. The maximum atomic E-state index is 12.0. The molecular weight excluding hydrogens is 270 g/mol. The minimum Gasteiger partial charge on any atom is -0.472 e. The largest absolute Gasteiger partial charge is 0.472 e. The summed E-state index contributed by atoms with van der Waals surface area (Å²) in [5.41, 5.74) is 1.52. The second kappa shape index (κ2) is 7.61. The number of nitrogens with zero attached hydrogens (tertiary/aromatic N) is 1. The van der Waals surface area contributed by atoms with E-state index >= 15 is 0 Å². The Morgan fingerprint density at radius 2 is 2.10 bits per heavy atom. The van der Waals surface area contributed by atoms with Gasteiger partial charge < -0.3 is 19.2 Å². The molecule has 1 amide bonds. The summed E-state index contributed by atoms with van der Waals surface area (Å²) >= 11 is 0. The molecule has 1 unspecified atom stereocenters. The second-order valence-corrected chi connectivity index (χ2v) is 4.85. The maximum Gasteiger partial charge on any atom is 0.256 e. The summed E-state index contributed by atoms with van der Waals surface area (Å²) in [6.45, 7) is 0.827. The predicted molar refractivity (Wildman–Crippen MR) is 77.8 cm³/mol. The summed E-state index contributed by atoms with van der Waals surface area (Å²) in [4.78, 5) is 13.4. The molecule has 5 nitrogen and oxygen atoms in total. The van der Waals surface area contributed by atoms with Crippen molar-refractivity contribution < 1.29 is 19.1 Å².